The number of nitrogens with zero attached hydrogens (tertiary/aromatic N) is 3. The minimum Gasteiger partial charge on any atom is -0.326 e. The summed E-state index contributed by atoms with van der Waals surface area (Å²) in [5.41, 5.74) is 8.44. The van der Waals surface area contributed by atoms with Gasteiger partial charge in [0.2, 0.25) is 0 Å². The lowest BCUT2D eigenvalue weighted by atomic mass is 10.3. The molecule has 12 heavy (non-hydrogen) atoms. The largest absolute Gasteiger partial charge is 0.326 e. The van der Waals surface area contributed by atoms with Gasteiger partial charge < -0.3 is 5.73 Å². The number of aryl methyl sites for hydroxylation is 1. The third-order valence-electron chi connectivity index (χ3n) is 1.82. The van der Waals surface area contributed by atoms with Gasteiger partial charge in [-0.1, -0.05) is 0 Å². The number of hydrogen-bond acceptors (Lipinski definition) is 3. The zero-order valence-electron chi connectivity index (χ0n) is 6.86. The standard InChI is InChI=1S/C8H10N4/c1-6-3-11-12-5-7(2-9)4-10-8(6)12/h3-5H,2,9H2,1H3. The van der Waals surface area contributed by atoms with E-state index in [1.54, 1.807) is 16.9 Å². The lowest BCUT2D eigenvalue weighted by molar-refractivity contribution is 0.902. The SMILES string of the molecule is Cc1cnn2cc(CN)cnc12. The van der Waals surface area contributed by atoms with Crippen LogP contribution in [0.25, 0.3) is 5.65 Å². The predicted molar refractivity (Wildman–Crippen MR) is 45.6 cm³/mol. The molecule has 62 valence electrons. The fraction of sp³-hybridized carbons (Fsp3) is 0.250. The zero-order valence-corrected chi connectivity index (χ0v) is 6.86. The predicted octanol–water partition coefficient (Wildman–Crippen LogP) is 0.496. The van der Waals surface area contributed by atoms with Crippen molar-refractivity contribution in [3.8, 4) is 0 Å². The Hall–Kier alpha value is -1.42. The Morgan fingerprint density at radius 1 is 1.50 bits per heavy atom. The molecule has 0 fully saturated rings. The maximum atomic E-state index is 5.47. The minimum atomic E-state index is 0.502. The highest BCUT2D eigenvalue weighted by Crippen LogP contribution is 2.06. The highest BCUT2D eigenvalue weighted by atomic mass is 15.2. The number of nitrogens with two attached hydrogens (primary N) is 1. The second kappa shape index (κ2) is 2.57. The first-order chi connectivity index (χ1) is 5.81. The molecule has 0 aliphatic carbocycles. The first-order valence-electron chi connectivity index (χ1n) is 3.80. The molecular weight excluding hydrogens is 152 g/mol. The van der Waals surface area contributed by atoms with Crippen molar-refractivity contribution in [1.82, 2.24) is 14.6 Å². The van der Waals surface area contributed by atoms with Crippen LogP contribution in [0.4, 0.5) is 0 Å². The topological polar surface area (TPSA) is 56.2 Å². The van der Waals surface area contributed by atoms with Crippen LogP contribution in [-0.4, -0.2) is 14.6 Å². The molecule has 2 aromatic rings. The Labute approximate surface area is 70.0 Å². The Balaban J connectivity index is 2.69. The van der Waals surface area contributed by atoms with Crippen molar-refractivity contribution in [3.63, 3.8) is 0 Å². The molecule has 4 heteroatoms. The molecule has 0 aromatic carbocycles. The van der Waals surface area contributed by atoms with Gasteiger partial charge in [-0.05, 0) is 6.92 Å². The summed E-state index contributed by atoms with van der Waals surface area (Å²) in [6.45, 7) is 2.49. The Bertz CT molecular complexity index is 404. The van der Waals surface area contributed by atoms with Crippen molar-refractivity contribution in [2.45, 2.75) is 13.5 Å². The zero-order chi connectivity index (χ0) is 8.55. The molecule has 0 spiro atoms. The molecule has 0 aliphatic heterocycles. The van der Waals surface area contributed by atoms with Gasteiger partial charge in [-0.2, -0.15) is 5.10 Å². The molecular formula is C8H10N4. The van der Waals surface area contributed by atoms with Gasteiger partial charge in [-0.15, -0.1) is 0 Å². The van der Waals surface area contributed by atoms with Gasteiger partial charge in [0.05, 0.1) is 6.20 Å². The van der Waals surface area contributed by atoms with Crippen molar-refractivity contribution in [1.29, 1.82) is 0 Å². The smallest absolute Gasteiger partial charge is 0.157 e. The molecule has 0 amide bonds. The molecule has 2 N–H and O–H groups in total. The van der Waals surface area contributed by atoms with Crippen molar-refractivity contribution in [3.05, 3.63) is 29.7 Å². The van der Waals surface area contributed by atoms with Crippen LogP contribution in [0.3, 0.4) is 0 Å². The summed E-state index contributed by atoms with van der Waals surface area (Å²) >= 11 is 0. The van der Waals surface area contributed by atoms with Gasteiger partial charge in [-0.25, -0.2) is 9.50 Å². The van der Waals surface area contributed by atoms with Gasteiger partial charge in [0, 0.05) is 30.1 Å². The molecule has 0 saturated heterocycles. The van der Waals surface area contributed by atoms with Crippen LogP contribution >= 0.6 is 0 Å². The Kier molecular flexibility index (Phi) is 1.55. The van der Waals surface area contributed by atoms with Crippen molar-refractivity contribution >= 4 is 5.65 Å². The first kappa shape index (κ1) is 7.24. The van der Waals surface area contributed by atoms with E-state index in [0.29, 0.717) is 6.54 Å². The summed E-state index contributed by atoms with van der Waals surface area (Å²) in [6, 6.07) is 0. The monoisotopic (exact) mass is 162 g/mol. The molecule has 0 saturated carbocycles. The molecule has 2 aromatic heterocycles. The van der Waals surface area contributed by atoms with Crippen molar-refractivity contribution in [2.75, 3.05) is 0 Å². The van der Waals surface area contributed by atoms with Crippen LogP contribution < -0.4 is 5.73 Å². The van der Waals surface area contributed by atoms with Crippen LogP contribution in [0, 0.1) is 6.92 Å². The van der Waals surface area contributed by atoms with Crippen LogP contribution in [0.5, 0.6) is 0 Å². The van der Waals surface area contributed by atoms with Gasteiger partial charge >= 0.3 is 0 Å². The third kappa shape index (κ3) is 0.967. The molecule has 0 atom stereocenters. The van der Waals surface area contributed by atoms with E-state index < -0.39 is 0 Å². The summed E-state index contributed by atoms with van der Waals surface area (Å²) < 4.78 is 1.75. The van der Waals surface area contributed by atoms with Crippen LogP contribution in [0.15, 0.2) is 18.6 Å². The maximum absolute atomic E-state index is 5.47. The minimum absolute atomic E-state index is 0.502. The molecule has 2 heterocycles. The van der Waals surface area contributed by atoms with E-state index in [4.69, 9.17) is 5.73 Å². The van der Waals surface area contributed by atoms with Crippen molar-refractivity contribution in [2.24, 2.45) is 5.73 Å². The van der Waals surface area contributed by atoms with Gasteiger partial charge in [0.15, 0.2) is 5.65 Å². The van der Waals surface area contributed by atoms with Gasteiger partial charge in [0.1, 0.15) is 0 Å². The summed E-state index contributed by atoms with van der Waals surface area (Å²) in [4.78, 5) is 4.23. The summed E-state index contributed by atoms with van der Waals surface area (Å²) in [6.07, 6.45) is 5.47. The van der Waals surface area contributed by atoms with E-state index in [9.17, 15) is 0 Å². The quantitative estimate of drug-likeness (QED) is 0.664. The van der Waals surface area contributed by atoms with E-state index in [1.165, 1.54) is 0 Å². The molecule has 0 bridgehead atoms. The first-order valence-corrected chi connectivity index (χ1v) is 3.80. The second-order valence-electron chi connectivity index (χ2n) is 2.76. The maximum Gasteiger partial charge on any atom is 0.157 e. The fourth-order valence-corrected chi connectivity index (χ4v) is 1.14. The molecule has 4 nitrogen and oxygen atoms in total. The number of hydrogen-bond donors (Lipinski definition) is 1. The summed E-state index contributed by atoms with van der Waals surface area (Å²) in [5, 5.41) is 4.13. The summed E-state index contributed by atoms with van der Waals surface area (Å²) in [5.74, 6) is 0. The van der Waals surface area contributed by atoms with E-state index in [-0.39, 0.29) is 0 Å². The average molecular weight is 162 g/mol. The van der Waals surface area contributed by atoms with Gasteiger partial charge in [0.25, 0.3) is 0 Å². The van der Waals surface area contributed by atoms with E-state index in [2.05, 4.69) is 10.1 Å². The number of rotatable bonds is 1. The molecule has 0 unspecified atom stereocenters. The van der Waals surface area contributed by atoms with Gasteiger partial charge in [-0.3, -0.25) is 0 Å². The lowest BCUT2D eigenvalue weighted by Crippen LogP contribution is -2.00. The Morgan fingerprint density at radius 2 is 2.33 bits per heavy atom. The number of aromatic nitrogens is 3. The van der Waals surface area contributed by atoms with Crippen LogP contribution in [0.2, 0.25) is 0 Å². The average Bonchev–Trinajstić information content (AvgIpc) is 2.47. The Morgan fingerprint density at radius 3 is 3.08 bits per heavy atom. The van der Waals surface area contributed by atoms with Crippen molar-refractivity contribution < 1.29 is 0 Å². The summed E-state index contributed by atoms with van der Waals surface area (Å²) in [7, 11) is 0. The molecule has 0 aliphatic rings. The normalized spacial score (nSPS) is 10.8. The van der Waals surface area contributed by atoms with E-state index >= 15 is 0 Å². The highest BCUT2D eigenvalue weighted by Gasteiger charge is 1.99. The number of fused-ring (bicyclic) bond motifs is 1. The highest BCUT2D eigenvalue weighted by molar-refractivity contribution is 5.44. The van der Waals surface area contributed by atoms with Crippen LogP contribution in [0.1, 0.15) is 11.1 Å². The molecule has 2 rings (SSSR count). The second-order valence-corrected chi connectivity index (χ2v) is 2.76. The third-order valence-corrected chi connectivity index (χ3v) is 1.82. The van der Waals surface area contributed by atoms with E-state index in [0.717, 1.165) is 16.8 Å². The lowest BCUT2D eigenvalue weighted by Gasteiger charge is -1.96. The van der Waals surface area contributed by atoms with Crippen LogP contribution in [-0.2, 0) is 6.54 Å². The fourth-order valence-electron chi connectivity index (χ4n) is 1.14. The van der Waals surface area contributed by atoms with E-state index in [1.807, 2.05) is 13.1 Å². The molecule has 0 radical (unpaired) electrons.